The number of sulfonamides is 1. The van der Waals surface area contributed by atoms with E-state index in [1.807, 2.05) is 38.1 Å². The van der Waals surface area contributed by atoms with Gasteiger partial charge in [0.2, 0.25) is 5.91 Å². The maximum absolute atomic E-state index is 13.7. The standard InChI is InChI=1S/C27H32N2O7S/c1-5-35-22-11-9-21(10-12-22)29(37(31,32)24-13-14-25(33-3)26(18-24)34-4)19-27(30)28-15-16-36-23-8-6-7-20(2)17-23/h6-14,17-18H,5,15-16,19H2,1-4H3,(H,28,30). The smallest absolute Gasteiger partial charge is 0.264 e. The summed E-state index contributed by atoms with van der Waals surface area (Å²) in [6.07, 6.45) is 0. The highest BCUT2D eigenvalue weighted by Gasteiger charge is 2.28. The molecule has 1 N–H and O–H groups in total. The molecule has 0 saturated heterocycles. The Hall–Kier alpha value is -3.92. The number of nitrogens with one attached hydrogen (secondary N) is 1. The lowest BCUT2D eigenvalue weighted by molar-refractivity contribution is -0.119. The minimum atomic E-state index is -4.15. The third kappa shape index (κ3) is 7.29. The first-order valence-corrected chi connectivity index (χ1v) is 13.2. The Labute approximate surface area is 218 Å². The molecule has 0 aliphatic heterocycles. The van der Waals surface area contributed by atoms with Crippen LogP contribution >= 0.6 is 0 Å². The Bertz CT molecular complexity index is 1290. The maximum Gasteiger partial charge on any atom is 0.264 e. The zero-order chi connectivity index (χ0) is 26.8. The Morgan fingerprint density at radius 2 is 1.62 bits per heavy atom. The minimum Gasteiger partial charge on any atom is -0.494 e. The summed E-state index contributed by atoms with van der Waals surface area (Å²) in [5, 5.41) is 2.72. The number of rotatable bonds is 13. The fraction of sp³-hybridized carbons (Fsp3) is 0.296. The van der Waals surface area contributed by atoms with Crippen LogP contribution in [0.4, 0.5) is 5.69 Å². The zero-order valence-corrected chi connectivity index (χ0v) is 22.2. The van der Waals surface area contributed by atoms with Crippen LogP contribution in [0.15, 0.2) is 71.6 Å². The monoisotopic (exact) mass is 528 g/mol. The topological polar surface area (TPSA) is 103 Å². The van der Waals surface area contributed by atoms with Gasteiger partial charge in [-0.1, -0.05) is 12.1 Å². The third-order valence-electron chi connectivity index (χ3n) is 5.35. The van der Waals surface area contributed by atoms with Gasteiger partial charge in [0.15, 0.2) is 11.5 Å². The number of hydrogen-bond donors (Lipinski definition) is 1. The third-order valence-corrected chi connectivity index (χ3v) is 7.12. The van der Waals surface area contributed by atoms with Crippen molar-refractivity contribution in [1.29, 1.82) is 0 Å². The van der Waals surface area contributed by atoms with Gasteiger partial charge in [0.05, 0.1) is 38.0 Å². The van der Waals surface area contributed by atoms with Gasteiger partial charge in [0.25, 0.3) is 10.0 Å². The number of aryl methyl sites for hydroxylation is 1. The van der Waals surface area contributed by atoms with Crippen LogP contribution in [0, 0.1) is 6.92 Å². The summed E-state index contributed by atoms with van der Waals surface area (Å²) in [6.45, 7) is 4.30. The first kappa shape index (κ1) is 27.7. The average Bonchev–Trinajstić information content (AvgIpc) is 2.90. The summed E-state index contributed by atoms with van der Waals surface area (Å²) in [7, 11) is -1.26. The van der Waals surface area contributed by atoms with E-state index in [2.05, 4.69) is 5.32 Å². The predicted octanol–water partition coefficient (Wildman–Crippen LogP) is 3.80. The van der Waals surface area contributed by atoms with Crippen LogP contribution in [0.25, 0.3) is 0 Å². The van der Waals surface area contributed by atoms with Gasteiger partial charge in [-0.05, 0) is 67.9 Å². The van der Waals surface area contributed by atoms with Crippen LogP contribution in [-0.2, 0) is 14.8 Å². The van der Waals surface area contributed by atoms with Gasteiger partial charge in [0, 0.05) is 6.07 Å². The molecule has 3 rings (SSSR count). The van der Waals surface area contributed by atoms with E-state index in [0.717, 1.165) is 9.87 Å². The fourth-order valence-electron chi connectivity index (χ4n) is 3.55. The highest BCUT2D eigenvalue weighted by molar-refractivity contribution is 7.92. The second kappa shape index (κ2) is 12.9. The Morgan fingerprint density at radius 3 is 2.27 bits per heavy atom. The molecular formula is C27H32N2O7S. The number of hydrogen-bond acceptors (Lipinski definition) is 7. The molecule has 0 spiro atoms. The average molecular weight is 529 g/mol. The molecule has 0 heterocycles. The Kier molecular flexibility index (Phi) is 9.62. The van der Waals surface area contributed by atoms with Crippen LogP contribution in [0.2, 0.25) is 0 Å². The minimum absolute atomic E-state index is 0.0467. The molecule has 198 valence electrons. The van der Waals surface area contributed by atoms with E-state index in [4.69, 9.17) is 18.9 Å². The van der Waals surface area contributed by atoms with Crippen molar-refractivity contribution in [1.82, 2.24) is 5.32 Å². The van der Waals surface area contributed by atoms with Crippen molar-refractivity contribution in [2.75, 3.05) is 44.8 Å². The lowest BCUT2D eigenvalue weighted by Gasteiger charge is -2.24. The summed E-state index contributed by atoms with van der Waals surface area (Å²) >= 11 is 0. The van der Waals surface area contributed by atoms with E-state index in [1.54, 1.807) is 24.3 Å². The van der Waals surface area contributed by atoms with Crippen LogP contribution in [0.3, 0.4) is 0 Å². The molecule has 9 nitrogen and oxygen atoms in total. The largest absolute Gasteiger partial charge is 0.494 e. The molecule has 37 heavy (non-hydrogen) atoms. The number of nitrogens with zero attached hydrogens (tertiary/aromatic N) is 1. The van der Waals surface area contributed by atoms with E-state index in [9.17, 15) is 13.2 Å². The second-order valence-electron chi connectivity index (χ2n) is 7.97. The van der Waals surface area contributed by atoms with Crippen LogP contribution < -0.4 is 28.6 Å². The molecule has 0 aromatic heterocycles. The Balaban J connectivity index is 1.79. The van der Waals surface area contributed by atoms with Crippen molar-refractivity contribution >= 4 is 21.6 Å². The highest BCUT2D eigenvalue weighted by Crippen LogP contribution is 2.32. The normalized spacial score (nSPS) is 10.9. The molecule has 10 heteroatoms. The van der Waals surface area contributed by atoms with Crippen molar-refractivity contribution in [3.63, 3.8) is 0 Å². The predicted molar refractivity (Wildman–Crippen MR) is 141 cm³/mol. The molecule has 0 fully saturated rings. The first-order chi connectivity index (χ1) is 17.8. The van der Waals surface area contributed by atoms with Crippen molar-refractivity contribution in [3.8, 4) is 23.0 Å². The molecule has 0 saturated carbocycles. The van der Waals surface area contributed by atoms with Gasteiger partial charge in [-0.25, -0.2) is 8.42 Å². The summed E-state index contributed by atoms with van der Waals surface area (Å²) < 4.78 is 50.0. The molecular weight excluding hydrogens is 496 g/mol. The van der Waals surface area contributed by atoms with Gasteiger partial charge in [-0.2, -0.15) is 0 Å². The first-order valence-electron chi connectivity index (χ1n) is 11.7. The van der Waals surface area contributed by atoms with Crippen molar-refractivity contribution in [3.05, 3.63) is 72.3 Å². The molecule has 3 aromatic carbocycles. The van der Waals surface area contributed by atoms with Gasteiger partial charge in [-0.15, -0.1) is 0 Å². The summed E-state index contributed by atoms with van der Waals surface area (Å²) in [4.78, 5) is 12.8. The summed E-state index contributed by atoms with van der Waals surface area (Å²) in [5.41, 5.74) is 1.37. The number of anilines is 1. The molecule has 0 aliphatic rings. The van der Waals surface area contributed by atoms with E-state index >= 15 is 0 Å². The fourth-order valence-corrected chi connectivity index (χ4v) is 4.98. The second-order valence-corrected chi connectivity index (χ2v) is 9.83. The molecule has 0 aliphatic carbocycles. The maximum atomic E-state index is 13.7. The van der Waals surface area contributed by atoms with Crippen LogP contribution in [0.1, 0.15) is 12.5 Å². The van der Waals surface area contributed by atoms with Crippen LogP contribution in [-0.4, -0.2) is 54.8 Å². The number of methoxy groups -OCH3 is 2. The molecule has 0 radical (unpaired) electrons. The molecule has 3 aromatic rings. The number of carbonyl (C=O) groups excluding carboxylic acids is 1. The quantitative estimate of drug-likeness (QED) is 0.337. The highest BCUT2D eigenvalue weighted by atomic mass is 32.2. The van der Waals surface area contributed by atoms with Crippen molar-refractivity contribution < 1.29 is 32.2 Å². The number of benzene rings is 3. The number of carbonyl (C=O) groups is 1. The van der Waals surface area contributed by atoms with E-state index < -0.39 is 22.5 Å². The van der Waals surface area contributed by atoms with Gasteiger partial charge < -0.3 is 24.3 Å². The van der Waals surface area contributed by atoms with E-state index in [1.165, 1.54) is 32.4 Å². The Morgan fingerprint density at radius 1 is 0.892 bits per heavy atom. The lowest BCUT2D eigenvalue weighted by atomic mass is 10.2. The summed E-state index contributed by atoms with van der Waals surface area (Å²) in [5.74, 6) is 1.45. The SMILES string of the molecule is CCOc1ccc(N(CC(=O)NCCOc2cccc(C)c2)S(=O)(=O)c2ccc(OC)c(OC)c2)cc1. The van der Waals surface area contributed by atoms with E-state index in [-0.39, 0.29) is 23.8 Å². The molecule has 0 unspecified atom stereocenters. The van der Waals surface area contributed by atoms with Crippen molar-refractivity contribution in [2.24, 2.45) is 0 Å². The van der Waals surface area contributed by atoms with Crippen molar-refractivity contribution in [2.45, 2.75) is 18.7 Å². The molecule has 1 amide bonds. The number of amides is 1. The molecule has 0 bridgehead atoms. The van der Waals surface area contributed by atoms with Gasteiger partial charge >= 0.3 is 0 Å². The number of ether oxygens (including phenoxy) is 4. The summed E-state index contributed by atoms with van der Waals surface area (Å²) in [6, 6.07) is 18.4. The van der Waals surface area contributed by atoms with Gasteiger partial charge in [-0.3, -0.25) is 9.10 Å². The molecule has 0 atom stereocenters. The van der Waals surface area contributed by atoms with Gasteiger partial charge in [0.1, 0.15) is 24.7 Å². The van der Waals surface area contributed by atoms with E-state index in [0.29, 0.717) is 29.5 Å². The lowest BCUT2D eigenvalue weighted by Crippen LogP contribution is -2.41. The van der Waals surface area contributed by atoms with Crippen LogP contribution in [0.5, 0.6) is 23.0 Å². The zero-order valence-electron chi connectivity index (χ0n) is 21.4.